The van der Waals surface area contributed by atoms with Crippen LogP contribution in [0, 0.1) is 0 Å². The molecule has 1 N–H and O–H groups in total. The quantitative estimate of drug-likeness (QED) is 0.828. The molecule has 0 spiro atoms. The Bertz CT molecular complexity index is 580. The molecule has 1 fully saturated rings. The van der Waals surface area contributed by atoms with Gasteiger partial charge < -0.3 is 4.98 Å². The van der Waals surface area contributed by atoms with E-state index in [1.54, 1.807) is 4.68 Å². The molecule has 0 radical (unpaired) electrons. The molecule has 0 unspecified atom stereocenters. The standard InChI is InChI=1S/C10H13N5O/c1-2-5-15-9-7(13-14-15)10(16)12-8(11-9)6-3-4-6/h6H,2-5H2,1H3,(H,11,12,16). The van der Waals surface area contributed by atoms with Crippen LogP contribution in [0.4, 0.5) is 0 Å². The minimum atomic E-state index is -0.172. The Hall–Kier alpha value is -1.72. The van der Waals surface area contributed by atoms with Gasteiger partial charge in [0.1, 0.15) is 5.82 Å². The molecule has 2 aromatic heterocycles. The number of aromatic amines is 1. The van der Waals surface area contributed by atoms with E-state index < -0.39 is 0 Å². The molecule has 16 heavy (non-hydrogen) atoms. The molecule has 1 aliphatic rings. The van der Waals surface area contributed by atoms with Crippen molar-refractivity contribution in [2.24, 2.45) is 0 Å². The Kier molecular flexibility index (Phi) is 2.02. The Morgan fingerprint density at radius 2 is 2.31 bits per heavy atom. The highest BCUT2D eigenvalue weighted by atomic mass is 16.1. The zero-order valence-electron chi connectivity index (χ0n) is 9.10. The average Bonchev–Trinajstić information content (AvgIpc) is 3.03. The van der Waals surface area contributed by atoms with Crippen molar-refractivity contribution in [1.29, 1.82) is 0 Å². The summed E-state index contributed by atoms with van der Waals surface area (Å²) >= 11 is 0. The number of hydrogen-bond donors (Lipinski definition) is 1. The van der Waals surface area contributed by atoms with Crippen molar-refractivity contribution in [1.82, 2.24) is 25.0 Å². The third-order valence-electron chi connectivity index (χ3n) is 2.79. The molecule has 0 aliphatic heterocycles. The van der Waals surface area contributed by atoms with Gasteiger partial charge in [-0.15, -0.1) is 5.10 Å². The molecular weight excluding hydrogens is 206 g/mol. The zero-order chi connectivity index (χ0) is 11.1. The summed E-state index contributed by atoms with van der Waals surface area (Å²) in [4.78, 5) is 19.0. The van der Waals surface area contributed by atoms with Crippen LogP contribution in [0.25, 0.3) is 11.2 Å². The number of H-pyrrole nitrogens is 1. The Labute approximate surface area is 91.7 Å². The number of nitrogens with one attached hydrogen (secondary N) is 1. The minimum Gasteiger partial charge on any atom is -0.308 e. The molecule has 6 nitrogen and oxygen atoms in total. The first-order chi connectivity index (χ1) is 7.79. The molecule has 1 saturated carbocycles. The molecular formula is C10H13N5O. The van der Waals surface area contributed by atoms with Gasteiger partial charge >= 0.3 is 0 Å². The van der Waals surface area contributed by atoms with Crippen LogP contribution in [0.1, 0.15) is 37.9 Å². The first-order valence-corrected chi connectivity index (χ1v) is 5.63. The summed E-state index contributed by atoms with van der Waals surface area (Å²) in [6.45, 7) is 2.81. The van der Waals surface area contributed by atoms with Gasteiger partial charge in [-0.25, -0.2) is 9.67 Å². The largest absolute Gasteiger partial charge is 0.308 e. The smallest absolute Gasteiger partial charge is 0.281 e. The van der Waals surface area contributed by atoms with Gasteiger partial charge in [-0.2, -0.15) is 0 Å². The van der Waals surface area contributed by atoms with E-state index in [1.165, 1.54) is 0 Å². The molecule has 3 rings (SSSR count). The lowest BCUT2D eigenvalue weighted by Crippen LogP contribution is -2.12. The number of nitrogens with zero attached hydrogens (tertiary/aromatic N) is 4. The number of aromatic nitrogens is 5. The fourth-order valence-corrected chi connectivity index (χ4v) is 1.80. The third kappa shape index (κ3) is 1.41. The summed E-state index contributed by atoms with van der Waals surface area (Å²) in [6, 6.07) is 0. The van der Waals surface area contributed by atoms with Gasteiger partial charge in [0.05, 0.1) is 0 Å². The lowest BCUT2D eigenvalue weighted by Gasteiger charge is -2.00. The van der Waals surface area contributed by atoms with Crippen molar-refractivity contribution in [3.05, 3.63) is 16.2 Å². The van der Waals surface area contributed by atoms with Crippen molar-refractivity contribution >= 4 is 11.2 Å². The van der Waals surface area contributed by atoms with E-state index in [-0.39, 0.29) is 5.56 Å². The van der Waals surface area contributed by atoms with E-state index in [4.69, 9.17) is 0 Å². The lowest BCUT2D eigenvalue weighted by molar-refractivity contribution is 0.590. The highest BCUT2D eigenvalue weighted by Crippen LogP contribution is 2.37. The summed E-state index contributed by atoms with van der Waals surface area (Å²) < 4.78 is 1.70. The second-order valence-corrected chi connectivity index (χ2v) is 4.21. The van der Waals surface area contributed by atoms with Crippen LogP contribution < -0.4 is 5.56 Å². The topological polar surface area (TPSA) is 76.5 Å². The van der Waals surface area contributed by atoms with Gasteiger partial charge in [0.15, 0.2) is 11.2 Å². The highest BCUT2D eigenvalue weighted by Gasteiger charge is 2.27. The summed E-state index contributed by atoms with van der Waals surface area (Å²) in [5.74, 6) is 1.22. The SMILES string of the molecule is CCCn1nnc2c(=O)[nH]c(C3CC3)nc21. The molecule has 0 atom stereocenters. The predicted molar refractivity (Wildman–Crippen MR) is 58.2 cm³/mol. The van der Waals surface area contributed by atoms with Crippen LogP contribution in [0.3, 0.4) is 0 Å². The first kappa shape index (κ1) is 9.50. The van der Waals surface area contributed by atoms with E-state index in [1.807, 2.05) is 0 Å². The number of aryl methyl sites for hydroxylation is 1. The first-order valence-electron chi connectivity index (χ1n) is 5.63. The van der Waals surface area contributed by atoms with E-state index >= 15 is 0 Å². The summed E-state index contributed by atoms with van der Waals surface area (Å²) in [5, 5.41) is 7.82. The predicted octanol–water partition coefficient (Wildman–Crippen LogP) is 0.802. The van der Waals surface area contributed by atoms with Gasteiger partial charge in [0.25, 0.3) is 5.56 Å². The molecule has 0 amide bonds. The Morgan fingerprint density at radius 3 is 3.00 bits per heavy atom. The zero-order valence-corrected chi connectivity index (χ0v) is 9.10. The van der Waals surface area contributed by atoms with E-state index in [0.29, 0.717) is 17.1 Å². The number of fused-ring (bicyclic) bond motifs is 1. The Balaban J connectivity index is 2.20. The van der Waals surface area contributed by atoms with E-state index in [9.17, 15) is 4.79 Å². The van der Waals surface area contributed by atoms with Crippen molar-refractivity contribution in [3.8, 4) is 0 Å². The van der Waals surface area contributed by atoms with Crippen LogP contribution in [0.15, 0.2) is 4.79 Å². The maximum atomic E-state index is 11.7. The molecule has 0 aromatic carbocycles. The monoisotopic (exact) mass is 219 g/mol. The number of hydrogen-bond acceptors (Lipinski definition) is 4. The summed E-state index contributed by atoms with van der Waals surface area (Å²) in [5.41, 5.74) is 0.791. The Morgan fingerprint density at radius 1 is 1.50 bits per heavy atom. The number of rotatable bonds is 3. The van der Waals surface area contributed by atoms with Crippen LogP contribution in [0.2, 0.25) is 0 Å². The van der Waals surface area contributed by atoms with Gasteiger partial charge in [-0.05, 0) is 19.3 Å². The lowest BCUT2D eigenvalue weighted by atomic mass is 10.4. The summed E-state index contributed by atoms with van der Waals surface area (Å²) in [7, 11) is 0. The second kappa shape index (κ2) is 3.40. The fraction of sp³-hybridized carbons (Fsp3) is 0.600. The van der Waals surface area contributed by atoms with Crippen molar-refractivity contribution < 1.29 is 0 Å². The normalized spacial score (nSPS) is 15.8. The highest BCUT2D eigenvalue weighted by molar-refractivity contribution is 5.68. The van der Waals surface area contributed by atoms with Crippen molar-refractivity contribution in [2.75, 3.05) is 0 Å². The van der Waals surface area contributed by atoms with Gasteiger partial charge in [-0.1, -0.05) is 12.1 Å². The fourth-order valence-electron chi connectivity index (χ4n) is 1.80. The van der Waals surface area contributed by atoms with E-state index in [2.05, 4.69) is 27.2 Å². The molecule has 0 bridgehead atoms. The second-order valence-electron chi connectivity index (χ2n) is 4.21. The van der Waals surface area contributed by atoms with Gasteiger partial charge in [0.2, 0.25) is 0 Å². The minimum absolute atomic E-state index is 0.172. The van der Waals surface area contributed by atoms with Crippen molar-refractivity contribution in [2.45, 2.75) is 38.6 Å². The van der Waals surface area contributed by atoms with Crippen molar-refractivity contribution in [3.63, 3.8) is 0 Å². The van der Waals surface area contributed by atoms with E-state index in [0.717, 1.165) is 31.6 Å². The van der Waals surface area contributed by atoms with Crippen LogP contribution in [0.5, 0.6) is 0 Å². The molecule has 0 saturated heterocycles. The van der Waals surface area contributed by atoms with Crippen LogP contribution in [-0.2, 0) is 6.54 Å². The summed E-state index contributed by atoms with van der Waals surface area (Å²) in [6.07, 6.45) is 3.18. The van der Waals surface area contributed by atoms with Crippen LogP contribution in [-0.4, -0.2) is 25.0 Å². The maximum Gasteiger partial charge on any atom is 0.281 e. The third-order valence-corrected chi connectivity index (χ3v) is 2.79. The average molecular weight is 219 g/mol. The molecule has 6 heteroatoms. The van der Waals surface area contributed by atoms with Gasteiger partial charge in [-0.3, -0.25) is 4.79 Å². The van der Waals surface area contributed by atoms with Crippen LogP contribution >= 0.6 is 0 Å². The molecule has 1 aliphatic carbocycles. The molecule has 2 heterocycles. The van der Waals surface area contributed by atoms with Gasteiger partial charge in [0, 0.05) is 12.5 Å². The maximum absolute atomic E-state index is 11.7. The molecule has 2 aromatic rings. The molecule has 84 valence electrons.